The van der Waals surface area contributed by atoms with Gasteiger partial charge in [0.1, 0.15) is 5.82 Å². The van der Waals surface area contributed by atoms with Crippen LogP contribution in [-0.2, 0) is 13.0 Å². The number of nitrogens with zero attached hydrogens (tertiary/aromatic N) is 2. The zero-order valence-corrected chi connectivity index (χ0v) is 14.7. The van der Waals surface area contributed by atoms with Crippen LogP contribution in [0.5, 0.6) is 0 Å². The van der Waals surface area contributed by atoms with E-state index in [0.29, 0.717) is 5.92 Å². The SMILES string of the molecule is CCn1nc(C)c(Br)c1CC(CBr)c1ccc(F)cc1. The number of hydrogen-bond donors (Lipinski definition) is 0. The molecule has 2 aromatic rings. The van der Waals surface area contributed by atoms with Gasteiger partial charge in [-0.25, -0.2) is 4.39 Å². The Hall–Kier alpha value is -0.680. The maximum absolute atomic E-state index is 13.0. The van der Waals surface area contributed by atoms with E-state index in [9.17, 15) is 4.39 Å². The molecule has 108 valence electrons. The third-order valence-electron chi connectivity index (χ3n) is 3.42. The fourth-order valence-corrected chi connectivity index (χ4v) is 3.34. The molecule has 0 bridgehead atoms. The summed E-state index contributed by atoms with van der Waals surface area (Å²) in [5.74, 6) is 0.103. The molecule has 2 rings (SSSR count). The van der Waals surface area contributed by atoms with Crippen LogP contribution in [0.3, 0.4) is 0 Å². The molecule has 0 saturated carbocycles. The number of hydrogen-bond acceptors (Lipinski definition) is 1. The molecule has 1 aromatic carbocycles. The highest BCUT2D eigenvalue weighted by Crippen LogP contribution is 2.29. The van der Waals surface area contributed by atoms with Crippen molar-refractivity contribution in [3.63, 3.8) is 0 Å². The molecule has 0 aliphatic heterocycles. The molecule has 0 aliphatic rings. The van der Waals surface area contributed by atoms with Crippen molar-refractivity contribution in [2.75, 3.05) is 5.33 Å². The van der Waals surface area contributed by atoms with Crippen molar-refractivity contribution >= 4 is 31.9 Å². The largest absolute Gasteiger partial charge is 0.268 e. The first-order valence-electron chi connectivity index (χ1n) is 6.60. The first-order chi connectivity index (χ1) is 9.56. The Morgan fingerprint density at radius 2 is 1.95 bits per heavy atom. The standard InChI is InChI=1S/C15H17Br2FN2/c1-3-20-14(15(17)10(2)19-20)8-12(9-16)11-4-6-13(18)7-5-11/h4-7,12H,3,8-9H2,1-2H3. The molecule has 5 heteroatoms. The summed E-state index contributed by atoms with van der Waals surface area (Å²) in [7, 11) is 0. The molecule has 0 radical (unpaired) electrons. The second-order valence-corrected chi connectivity index (χ2v) is 6.21. The van der Waals surface area contributed by atoms with Gasteiger partial charge in [0, 0.05) is 11.9 Å². The molecule has 0 fully saturated rings. The minimum absolute atomic E-state index is 0.197. The lowest BCUT2D eigenvalue weighted by atomic mass is 9.96. The number of rotatable bonds is 5. The van der Waals surface area contributed by atoms with E-state index in [0.717, 1.165) is 34.0 Å². The van der Waals surface area contributed by atoms with E-state index in [-0.39, 0.29) is 5.82 Å². The van der Waals surface area contributed by atoms with Crippen molar-refractivity contribution in [1.82, 2.24) is 9.78 Å². The molecular weight excluding hydrogens is 387 g/mol. The van der Waals surface area contributed by atoms with Gasteiger partial charge in [0.25, 0.3) is 0 Å². The Balaban J connectivity index is 2.28. The quantitative estimate of drug-likeness (QED) is 0.653. The molecule has 1 atom stereocenters. The summed E-state index contributed by atoms with van der Waals surface area (Å²) in [4.78, 5) is 0. The van der Waals surface area contributed by atoms with Gasteiger partial charge in [-0.15, -0.1) is 0 Å². The van der Waals surface area contributed by atoms with Gasteiger partial charge in [0.15, 0.2) is 0 Å². The van der Waals surface area contributed by atoms with Gasteiger partial charge in [0.05, 0.1) is 15.9 Å². The number of aromatic nitrogens is 2. The summed E-state index contributed by atoms with van der Waals surface area (Å²) >= 11 is 7.19. The summed E-state index contributed by atoms with van der Waals surface area (Å²) in [6.45, 7) is 4.93. The molecule has 0 spiro atoms. The van der Waals surface area contributed by atoms with Crippen molar-refractivity contribution in [2.24, 2.45) is 0 Å². The molecule has 0 saturated heterocycles. The Labute approximate surface area is 135 Å². The monoisotopic (exact) mass is 402 g/mol. The highest BCUT2D eigenvalue weighted by Gasteiger charge is 2.18. The third kappa shape index (κ3) is 3.31. The maximum atomic E-state index is 13.0. The molecule has 0 amide bonds. The van der Waals surface area contributed by atoms with Crippen molar-refractivity contribution in [2.45, 2.75) is 32.7 Å². The lowest BCUT2D eigenvalue weighted by Gasteiger charge is -2.16. The van der Waals surface area contributed by atoms with Crippen LogP contribution < -0.4 is 0 Å². The van der Waals surface area contributed by atoms with Crippen LogP contribution in [0.1, 0.15) is 29.8 Å². The lowest BCUT2D eigenvalue weighted by Crippen LogP contribution is -2.10. The predicted octanol–water partition coefficient (Wildman–Crippen LogP) is 4.83. The number of alkyl halides is 1. The first kappa shape index (κ1) is 15.7. The molecule has 0 aliphatic carbocycles. The molecule has 20 heavy (non-hydrogen) atoms. The number of halogens is 3. The van der Waals surface area contributed by atoms with Gasteiger partial charge in [-0.05, 0) is 59.8 Å². The van der Waals surface area contributed by atoms with Gasteiger partial charge in [0.2, 0.25) is 0 Å². The average molecular weight is 404 g/mol. The van der Waals surface area contributed by atoms with Crippen LogP contribution in [0.2, 0.25) is 0 Å². The van der Waals surface area contributed by atoms with E-state index >= 15 is 0 Å². The van der Waals surface area contributed by atoms with Crippen LogP contribution >= 0.6 is 31.9 Å². The predicted molar refractivity (Wildman–Crippen MR) is 87.0 cm³/mol. The molecule has 0 N–H and O–H groups in total. The van der Waals surface area contributed by atoms with E-state index in [4.69, 9.17) is 0 Å². The highest BCUT2D eigenvalue weighted by atomic mass is 79.9. The number of aryl methyl sites for hydroxylation is 2. The lowest BCUT2D eigenvalue weighted by molar-refractivity contribution is 0.594. The average Bonchev–Trinajstić information content (AvgIpc) is 2.73. The molecule has 1 aromatic heterocycles. The van der Waals surface area contributed by atoms with E-state index in [1.165, 1.54) is 17.8 Å². The molecule has 1 unspecified atom stereocenters. The fourth-order valence-electron chi connectivity index (χ4n) is 2.29. The van der Waals surface area contributed by atoms with Crippen LogP contribution in [0.4, 0.5) is 4.39 Å². The molecular formula is C15H17Br2FN2. The Morgan fingerprint density at radius 1 is 1.30 bits per heavy atom. The van der Waals surface area contributed by atoms with Crippen LogP contribution in [-0.4, -0.2) is 15.1 Å². The minimum Gasteiger partial charge on any atom is -0.268 e. The van der Waals surface area contributed by atoms with E-state index in [1.807, 2.05) is 23.7 Å². The molecule has 1 heterocycles. The molecule has 2 nitrogen and oxygen atoms in total. The van der Waals surface area contributed by atoms with Crippen molar-refractivity contribution in [1.29, 1.82) is 0 Å². The van der Waals surface area contributed by atoms with E-state index in [2.05, 4.69) is 43.9 Å². The van der Waals surface area contributed by atoms with Gasteiger partial charge in [-0.3, -0.25) is 4.68 Å². The van der Waals surface area contributed by atoms with Crippen LogP contribution in [0.25, 0.3) is 0 Å². The summed E-state index contributed by atoms with van der Waals surface area (Å²) in [5, 5.41) is 5.35. The van der Waals surface area contributed by atoms with Gasteiger partial charge < -0.3 is 0 Å². The van der Waals surface area contributed by atoms with Crippen molar-refractivity contribution < 1.29 is 4.39 Å². The van der Waals surface area contributed by atoms with Crippen LogP contribution in [0.15, 0.2) is 28.7 Å². The summed E-state index contributed by atoms with van der Waals surface area (Å²) in [6, 6.07) is 6.74. The Kier molecular flexibility index (Phi) is 5.38. The van der Waals surface area contributed by atoms with E-state index < -0.39 is 0 Å². The highest BCUT2D eigenvalue weighted by molar-refractivity contribution is 9.10. The zero-order chi connectivity index (χ0) is 14.7. The van der Waals surface area contributed by atoms with Gasteiger partial charge in [-0.1, -0.05) is 28.1 Å². The first-order valence-corrected chi connectivity index (χ1v) is 8.51. The van der Waals surface area contributed by atoms with Crippen molar-refractivity contribution in [3.05, 3.63) is 51.5 Å². The fraction of sp³-hybridized carbons (Fsp3) is 0.400. The van der Waals surface area contributed by atoms with Gasteiger partial charge >= 0.3 is 0 Å². The summed E-state index contributed by atoms with van der Waals surface area (Å²) in [6.07, 6.45) is 0.867. The maximum Gasteiger partial charge on any atom is 0.123 e. The normalized spacial score (nSPS) is 12.7. The summed E-state index contributed by atoms with van der Waals surface area (Å²) < 4.78 is 16.1. The minimum atomic E-state index is -0.197. The second-order valence-electron chi connectivity index (χ2n) is 4.77. The topological polar surface area (TPSA) is 17.8 Å². The van der Waals surface area contributed by atoms with E-state index in [1.54, 1.807) is 0 Å². The van der Waals surface area contributed by atoms with Crippen molar-refractivity contribution in [3.8, 4) is 0 Å². The van der Waals surface area contributed by atoms with Gasteiger partial charge in [-0.2, -0.15) is 5.10 Å². The Bertz CT molecular complexity index is 578. The van der Waals surface area contributed by atoms with Crippen LogP contribution in [0, 0.1) is 12.7 Å². The smallest absolute Gasteiger partial charge is 0.123 e. The second kappa shape index (κ2) is 6.85. The third-order valence-corrected chi connectivity index (χ3v) is 5.23. The Morgan fingerprint density at radius 3 is 2.50 bits per heavy atom. The summed E-state index contributed by atoms with van der Waals surface area (Å²) in [5.41, 5.74) is 3.34. The number of benzene rings is 1. The zero-order valence-electron chi connectivity index (χ0n) is 11.5.